The van der Waals surface area contributed by atoms with Crippen molar-refractivity contribution in [2.45, 2.75) is 25.7 Å². The van der Waals surface area contributed by atoms with Gasteiger partial charge in [-0.1, -0.05) is 12.1 Å². The van der Waals surface area contributed by atoms with Gasteiger partial charge in [-0.3, -0.25) is 14.5 Å². The fourth-order valence-corrected chi connectivity index (χ4v) is 3.69. The molecule has 1 atom stereocenters. The average Bonchev–Trinajstić information content (AvgIpc) is 3.00. The zero-order chi connectivity index (χ0) is 23.9. The Kier molecular flexibility index (Phi) is 5.75. The molecule has 1 radical (unpaired) electrons. The molecule has 171 valence electrons. The first-order chi connectivity index (χ1) is 15.6. The minimum Gasteiger partial charge on any atom is -0.310 e. The van der Waals surface area contributed by atoms with E-state index in [4.69, 9.17) is 0 Å². The molecule has 0 aliphatic carbocycles. The van der Waals surface area contributed by atoms with Gasteiger partial charge in [0.2, 0.25) is 0 Å². The van der Waals surface area contributed by atoms with E-state index >= 15 is 0 Å². The van der Waals surface area contributed by atoms with E-state index in [1.807, 2.05) is 0 Å². The topological polar surface area (TPSA) is 92.1 Å². The van der Waals surface area contributed by atoms with E-state index in [-0.39, 0.29) is 17.7 Å². The maximum absolute atomic E-state index is 14.1. The first kappa shape index (κ1) is 22.2. The van der Waals surface area contributed by atoms with Gasteiger partial charge in [0.05, 0.1) is 19.5 Å². The van der Waals surface area contributed by atoms with Gasteiger partial charge in [-0.25, -0.2) is 32.1 Å². The molecule has 2 aliphatic rings. The minimum atomic E-state index is -1.41. The molecule has 1 unspecified atom stereocenters. The molecule has 2 aromatic rings. The highest BCUT2D eigenvalue weighted by atomic mass is 19.1. The monoisotopic (exact) mass is 463 g/mol. The number of rotatable bonds is 5. The van der Waals surface area contributed by atoms with E-state index in [1.54, 1.807) is 0 Å². The molecule has 12 heteroatoms. The number of halogens is 4. The molecule has 0 spiro atoms. The Bertz CT molecular complexity index is 1170. The predicted octanol–water partition coefficient (Wildman–Crippen LogP) is 2.49. The van der Waals surface area contributed by atoms with Crippen molar-refractivity contribution in [2.75, 3.05) is 6.54 Å². The summed E-state index contributed by atoms with van der Waals surface area (Å²) in [5, 5.41) is 3.29. The number of urea groups is 2. The average molecular weight is 463 g/mol. The molecule has 4 rings (SSSR count). The fraction of sp³-hybridized carbons (Fsp3) is 0.238. The van der Waals surface area contributed by atoms with Crippen molar-refractivity contribution in [3.63, 3.8) is 0 Å². The lowest BCUT2D eigenvalue weighted by Crippen LogP contribution is -2.59. The number of carbonyl (C=O) groups is 4. The third-order valence-electron chi connectivity index (χ3n) is 5.28. The van der Waals surface area contributed by atoms with Crippen LogP contribution in [0.25, 0.3) is 0 Å². The summed E-state index contributed by atoms with van der Waals surface area (Å²) in [4.78, 5) is 52.4. The van der Waals surface area contributed by atoms with Gasteiger partial charge in [0.1, 0.15) is 36.0 Å². The van der Waals surface area contributed by atoms with E-state index in [2.05, 4.69) is 5.32 Å². The van der Waals surface area contributed by atoms with E-state index < -0.39 is 72.8 Å². The zero-order valence-electron chi connectivity index (χ0n) is 16.8. The van der Waals surface area contributed by atoms with Crippen LogP contribution < -0.4 is 5.32 Å². The van der Waals surface area contributed by atoms with Crippen molar-refractivity contribution in [2.24, 2.45) is 0 Å². The van der Waals surface area contributed by atoms with Crippen LogP contribution in [0, 0.1) is 23.3 Å². The second kappa shape index (κ2) is 8.52. The van der Waals surface area contributed by atoms with Gasteiger partial charge in [-0.05, 0) is 12.1 Å². The van der Waals surface area contributed by atoms with Gasteiger partial charge in [0.15, 0.2) is 0 Å². The Labute approximate surface area is 184 Å². The smallest absolute Gasteiger partial charge is 0.310 e. The molecule has 6 amide bonds. The summed E-state index contributed by atoms with van der Waals surface area (Å²) in [5.41, 5.74) is -0.168. The van der Waals surface area contributed by atoms with Crippen LogP contribution in [0.1, 0.15) is 17.5 Å². The molecule has 2 aliphatic heterocycles. The van der Waals surface area contributed by atoms with Crippen LogP contribution in [0.4, 0.5) is 27.2 Å². The Balaban J connectivity index is 1.59. The third kappa shape index (κ3) is 4.36. The zero-order valence-corrected chi connectivity index (χ0v) is 16.8. The summed E-state index contributed by atoms with van der Waals surface area (Å²) in [6, 6.07) is 3.40. The first-order valence-electron chi connectivity index (χ1n) is 9.68. The van der Waals surface area contributed by atoms with Crippen LogP contribution in [-0.2, 0) is 22.7 Å². The van der Waals surface area contributed by atoms with Gasteiger partial charge in [0, 0.05) is 23.3 Å². The quantitative estimate of drug-likeness (QED) is 0.503. The molecule has 2 heterocycles. The van der Waals surface area contributed by atoms with Crippen LogP contribution in [0.3, 0.4) is 0 Å². The van der Waals surface area contributed by atoms with Crippen molar-refractivity contribution in [3.05, 3.63) is 70.8 Å². The second-order valence-corrected chi connectivity index (χ2v) is 7.47. The van der Waals surface area contributed by atoms with E-state index in [0.29, 0.717) is 17.0 Å². The van der Waals surface area contributed by atoms with Gasteiger partial charge in [0.25, 0.3) is 11.8 Å². The summed E-state index contributed by atoms with van der Waals surface area (Å²) in [5.74, 6) is -5.20. The highest BCUT2D eigenvalue weighted by Crippen LogP contribution is 2.26. The Morgan fingerprint density at radius 2 is 1.42 bits per heavy atom. The predicted molar refractivity (Wildman–Crippen MR) is 102 cm³/mol. The molecular formula is C21H15F4N4O4. The normalized spacial score (nSPS) is 18.9. The fourth-order valence-electron chi connectivity index (χ4n) is 3.69. The van der Waals surface area contributed by atoms with Gasteiger partial charge < -0.3 is 4.90 Å². The maximum Gasteiger partial charge on any atom is 0.348 e. The molecule has 0 N–H and O–H groups in total. The van der Waals surface area contributed by atoms with Crippen molar-refractivity contribution in [1.82, 2.24) is 20.0 Å². The molecule has 33 heavy (non-hydrogen) atoms. The first-order valence-corrected chi connectivity index (χ1v) is 9.68. The lowest BCUT2D eigenvalue weighted by molar-refractivity contribution is -0.133. The Morgan fingerprint density at radius 1 is 0.848 bits per heavy atom. The number of benzene rings is 2. The molecule has 0 saturated carbocycles. The van der Waals surface area contributed by atoms with Crippen molar-refractivity contribution in [3.8, 4) is 0 Å². The number of hydrogen-bond donors (Lipinski definition) is 0. The maximum atomic E-state index is 14.1. The van der Waals surface area contributed by atoms with Crippen LogP contribution in [0.2, 0.25) is 0 Å². The summed E-state index contributed by atoms with van der Waals surface area (Å²) in [7, 11) is 0. The Hall–Kier alpha value is -3.96. The van der Waals surface area contributed by atoms with Gasteiger partial charge in [-0.2, -0.15) is 5.32 Å². The van der Waals surface area contributed by atoms with E-state index in [9.17, 15) is 36.7 Å². The molecule has 2 saturated heterocycles. The number of amides is 6. The minimum absolute atomic E-state index is 0.0459. The van der Waals surface area contributed by atoms with Crippen molar-refractivity contribution >= 4 is 23.9 Å². The van der Waals surface area contributed by atoms with Gasteiger partial charge in [-0.15, -0.1) is 0 Å². The number of carbonyl (C=O) groups excluding carboxylic acids is 4. The lowest BCUT2D eigenvalue weighted by atomic mass is 10.1. The number of nitrogens with zero attached hydrogens (tertiary/aromatic N) is 4. The van der Waals surface area contributed by atoms with Crippen LogP contribution in [0.5, 0.6) is 0 Å². The van der Waals surface area contributed by atoms with Crippen LogP contribution >= 0.6 is 0 Å². The molecule has 8 nitrogen and oxygen atoms in total. The largest absolute Gasteiger partial charge is 0.348 e. The molecule has 2 fully saturated rings. The highest BCUT2D eigenvalue weighted by Gasteiger charge is 2.47. The lowest BCUT2D eigenvalue weighted by Gasteiger charge is -2.38. The molecule has 0 bridgehead atoms. The van der Waals surface area contributed by atoms with Crippen molar-refractivity contribution < 1.29 is 36.7 Å². The van der Waals surface area contributed by atoms with Gasteiger partial charge >= 0.3 is 12.1 Å². The second-order valence-electron chi connectivity index (χ2n) is 7.47. The summed E-state index contributed by atoms with van der Waals surface area (Å²) in [6.07, 6.45) is -1.93. The van der Waals surface area contributed by atoms with E-state index in [1.165, 1.54) is 0 Å². The number of imide groups is 2. The SMILES string of the molecule is O=C1CC(N2C(=O)CN(Cc3ccc(F)cc3F)C2=O)N(Cc2ccc(F)cc2F)C(=O)[N]1. The molecule has 2 aromatic carbocycles. The van der Waals surface area contributed by atoms with Crippen molar-refractivity contribution in [1.29, 1.82) is 0 Å². The summed E-state index contributed by atoms with van der Waals surface area (Å²) in [6.45, 7) is -1.33. The number of hydrogen-bond acceptors (Lipinski definition) is 4. The van der Waals surface area contributed by atoms with E-state index in [0.717, 1.165) is 34.1 Å². The summed E-state index contributed by atoms with van der Waals surface area (Å²) < 4.78 is 54.5. The molecular weight excluding hydrogens is 448 g/mol. The van der Waals surface area contributed by atoms with Crippen LogP contribution in [-0.4, -0.2) is 51.3 Å². The Morgan fingerprint density at radius 3 is 2.00 bits per heavy atom. The summed E-state index contributed by atoms with van der Waals surface area (Å²) >= 11 is 0. The standard InChI is InChI=1S/C21H15F4N4O4/c22-13-3-1-11(15(24)5-13)8-27-10-19(31)29(21(27)33)18-7-17(30)26-20(32)28(18)9-12-2-4-14(23)6-16(12)25/h1-6,18H,7-10H2. The van der Waals surface area contributed by atoms with Crippen LogP contribution in [0.15, 0.2) is 36.4 Å². The highest BCUT2D eigenvalue weighted by molar-refractivity contribution is 6.04. The third-order valence-corrected chi connectivity index (χ3v) is 5.28. The molecule has 0 aromatic heterocycles.